The summed E-state index contributed by atoms with van der Waals surface area (Å²) in [5.74, 6) is 1.40. The molecule has 0 radical (unpaired) electrons. The van der Waals surface area contributed by atoms with Crippen LogP contribution >= 0.6 is 22.9 Å². The van der Waals surface area contributed by atoms with E-state index in [2.05, 4.69) is 20.2 Å². The Bertz CT molecular complexity index is 716. The van der Waals surface area contributed by atoms with E-state index >= 15 is 0 Å². The second-order valence-electron chi connectivity index (χ2n) is 5.91. The van der Waals surface area contributed by atoms with Crippen molar-refractivity contribution in [1.82, 2.24) is 15.3 Å². The lowest BCUT2D eigenvalue weighted by molar-refractivity contribution is -0.125. The lowest BCUT2D eigenvalue weighted by atomic mass is 9.96. The number of hydrogen-bond acceptors (Lipinski definition) is 6. The SMILES string of the molecule is COc1ccnc(N2CCC(C(=O)NCCc3ccc(Cl)s3)CC2)n1. The quantitative estimate of drug-likeness (QED) is 0.834. The molecular formula is C17H21ClN4O2S. The summed E-state index contributed by atoms with van der Waals surface area (Å²) < 4.78 is 5.92. The van der Waals surface area contributed by atoms with Crippen LogP contribution < -0.4 is 15.0 Å². The minimum Gasteiger partial charge on any atom is -0.481 e. The molecule has 0 unspecified atom stereocenters. The first-order chi connectivity index (χ1) is 12.2. The number of piperidine rings is 1. The highest BCUT2D eigenvalue weighted by atomic mass is 35.5. The van der Waals surface area contributed by atoms with E-state index in [1.807, 2.05) is 12.1 Å². The van der Waals surface area contributed by atoms with Crippen molar-refractivity contribution < 1.29 is 9.53 Å². The third-order valence-corrected chi connectivity index (χ3v) is 5.57. The first-order valence-electron chi connectivity index (χ1n) is 8.29. The molecule has 1 aliphatic rings. The van der Waals surface area contributed by atoms with Crippen LogP contribution in [-0.2, 0) is 11.2 Å². The Morgan fingerprint density at radius 3 is 2.88 bits per heavy atom. The molecule has 1 saturated heterocycles. The van der Waals surface area contributed by atoms with Gasteiger partial charge in [0.1, 0.15) is 0 Å². The second-order valence-corrected chi connectivity index (χ2v) is 7.71. The summed E-state index contributed by atoms with van der Waals surface area (Å²) in [4.78, 5) is 24.3. The lowest BCUT2D eigenvalue weighted by Gasteiger charge is -2.31. The topological polar surface area (TPSA) is 67.3 Å². The van der Waals surface area contributed by atoms with Crippen molar-refractivity contribution >= 4 is 34.8 Å². The molecule has 134 valence electrons. The molecule has 1 fully saturated rings. The number of methoxy groups -OCH3 is 1. The second kappa shape index (κ2) is 8.49. The van der Waals surface area contributed by atoms with Gasteiger partial charge in [-0.15, -0.1) is 11.3 Å². The van der Waals surface area contributed by atoms with Crippen LogP contribution in [0.25, 0.3) is 0 Å². The molecule has 6 nitrogen and oxygen atoms in total. The zero-order valence-corrected chi connectivity index (χ0v) is 15.6. The third kappa shape index (κ3) is 4.83. The number of hydrogen-bond donors (Lipinski definition) is 1. The number of amides is 1. The van der Waals surface area contributed by atoms with Gasteiger partial charge in [0.15, 0.2) is 0 Å². The fourth-order valence-corrected chi connectivity index (χ4v) is 3.97. The summed E-state index contributed by atoms with van der Waals surface area (Å²) in [5, 5.41) is 3.04. The molecule has 0 aromatic carbocycles. The summed E-state index contributed by atoms with van der Waals surface area (Å²) in [5.41, 5.74) is 0. The molecule has 0 spiro atoms. The Morgan fingerprint density at radius 2 is 2.20 bits per heavy atom. The number of rotatable bonds is 6. The van der Waals surface area contributed by atoms with Crippen LogP contribution in [0.5, 0.6) is 5.88 Å². The van der Waals surface area contributed by atoms with Crippen molar-refractivity contribution in [3.05, 3.63) is 33.6 Å². The number of thiophene rings is 1. The Morgan fingerprint density at radius 1 is 1.40 bits per heavy atom. The molecule has 1 N–H and O–H groups in total. The van der Waals surface area contributed by atoms with Gasteiger partial charge in [-0.1, -0.05) is 11.6 Å². The monoisotopic (exact) mass is 380 g/mol. The maximum atomic E-state index is 12.3. The maximum Gasteiger partial charge on any atom is 0.228 e. The van der Waals surface area contributed by atoms with Crippen LogP contribution in [0.2, 0.25) is 4.34 Å². The van der Waals surface area contributed by atoms with Crippen molar-refractivity contribution in [3.63, 3.8) is 0 Å². The van der Waals surface area contributed by atoms with E-state index in [9.17, 15) is 4.79 Å². The van der Waals surface area contributed by atoms with E-state index in [4.69, 9.17) is 16.3 Å². The first-order valence-corrected chi connectivity index (χ1v) is 9.49. The average molecular weight is 381 g/mol. The van der Waals surface area contributed by atoms with Crippen molar-refractivity contribution in [2.24, 2.45) is 5.92 Å². The number of carbonyl (C=O) groups is 1. The van der Waals surface area contributed by atoms with Gasteiger partial charge >= 0.3 is 0 Å². The van der Waals surface area contributed by atoms with E-state index in [0.29, 0.717) is 18.4 Å². The molecule has 0 aliphatic carbocycles. The normalized spacial score (nSPS) is 15.2. The van der Waals surface area contributed by atoms with Gasteiger partial charge in [0, 0.05) is 42.7 Å². The highest BCUT2D eigenvalue weighted by Crippen LogP contribution is 2.23. The fraction of sp³-hybridized carbons (Fsp3) is 0.471. The van der Waals surface area contributed by atoms with Crippen molar-refractivity contribution in [1.29, 1.82) is 0 Å². The van der Waals surface area contributed by atoms with Gasteiger partial charge in [-0.25, -0.2) is 4.98 Å². The van der Waals surface area contributed by atoms with Crippen LogP contribution in [0.15, 0.2) is 24.4 Å². The van der Waals surface area contributed by atoms with Crippen LogP contribution in [0.1, 0.15) is 17.7 Å². The number of carbonyl (C=O) groups excluding carboxylic acids is 1. The number of nitrogens with zero attached hydrogens (tertiary/aromatic N) is 3. The van der Waals surface area contributed by atoms with Crippen molar-refractivity contribution in [2.45, 2.75) is 19.3 Å². The molecule has 8 heteroatoms. The van der Waals surface area contributed by atoms with E-state index in [1.54, 1.807) is 30.7 Å². The van der Waals surface area contributed by atoms with Crippen LogP contribution in [0, 0.1) is 5.92 Å². The zero-order chi connectivity index (χ0) is 17.6. The predicted octanol–water partition coefficient (Wildman–Crippen LogP) is 2.78. The Kier molecular flexibility index (Phi) is 6.09. The summed E-state index contributed by atoms with van der Waals surface area (Å²) in [6.07, 6.45) is 4.12. The van der Waals surface area contributed by atoms with E-state index in [-0.39, 0.29) is 11.8 Å². The summed E-state index contributed by atoms with van der Waals surface area (Å²) in [7, 11) is 1.59. The van der Waals surface area contributed by atoms with E-state index in [0.717, 1.165) is 36.7 Å². The van der Waals surface area contributed by atoms with E-state index in [1.165, 1.54) is 4.88 Å². The minimum atomic E-state index is 0.0498. The van der Waals surface area contributed by atoms with Crippen molar-refractivity contribution in [2.75, 3.05) is 31.6 Å². The van der Waals surface area contributed by atoms with Crippen LogP contribution in [0.3, 0.4) is 0 Å². The van der Waals surface area contributed by atoms with Gasteiger partial charge in [0.2, 0.25) is 17.7 Å². The molecule has 25 heavy (non-hydrogen) atoms. The maximum absolute atomic E-state index is 12.3. The van der Waals surface area contributed by atoms with Gasteiger partial charge in [0.05, 0.1) is 11.4 Å². The first kappa shape index (κ1) is 17.9. The summed E-state index contributed by atoms with van der Waals surface area (Å²) in [6.45, 7) is 2.19. The van der Waals surface area contributed by atoms with Gasteiger partial charge in [-0.2, -0.15) is 4.98 Å². The number of halogens is 1. The van der Waals surface area contributed by atoms with Gasteiger partial charge < -0.3 is 15.0 Å². The Balaban J connectivity index is 1.44. The predicted molar refractivity (Wildman–Crippen MR) is 99.6 cm³/mol. The molecule has 0 atom stereocenters. The van der Waals surface area contributed by atoms with Gasteiger partial charge in [-0.05, 0) is 31.4 Å². The number of anilines is 1. The Hall–Kier alpha value is -1.86. The molecule has 2 aromatic heterocycles. The average Bonchev–Trinajstić information content (AvgIpc) is 3.07. The van der Waals surface area contributed by atoms with Crippen molar-refractivity contribution in [3.8, 4) is 5.88 Å². The molecule has 3 heterocycles. The number of aromatic nitrogens is 2. The lowest BCUT2D eigenvalue weighted by Crippen LogP contribution is -2.41. The van der Waals surface area contributed by atoms with Gasteiger partial charge in [0.25, 0.3) is 0 Å². The third-order valence-electron chi connectivity index (χ3n) is 4.27. The highest BCUT2D eigenvalue weighted by Gasteiger charge is 2.26. The van der Waals surface area contributed by atoms with E-state index < -0.39 is 0 Å². The summed E-state index contributed by atoms with van der Waals surface area (Å²) in [6, 6.07) is 5.62. The molecule has 3 rings (SSSR count). The smallest absolute Gasteiger partial charge is 0.228 e. The number of nitrogens with one attached hydrogen (secondary N) is 1. The van der Waals surface area contributed by atoms with Crippen LogP contribution in [0.4, 0.5) is 5.95 Å². The van der Waals surface area contributed by atoms with Gasteiger partial charge in [-0.3, -0.25) is 4.79 Å². The summed E-state index contributed by atoms with van der Waals surface area (Å²) >= 11 is 7.47. The molecule has 2 aromatic rings. The fourth-order valence-electron chi connectivity index (χ4n) is 2.88. The largest absolute Gasteiger partial charge is 0.481 e. The number of ether oxygens (including phenoxy) is 1. The minimum absolute atomic E-state index is 0.0498. The standard InChI is InChI=1S/C17H21ClN4O2S/c1-24-15-5-9-20-17(21-15)22-10-6-12(7-11-22)16(23)19-8-4-13-2-3-14(18)25-13/h2-3,5,9,12H,4,6-8,10-11H2,1H3,(H,19,23). The molecule has 0 bridgehead atoms. The molecule has 0 saturated carbocycles. The van der Waals surface area contributed by atoms with Crippen LogP contribution in [-0.4, -0.2) is 42.6 Å². The molecular weight excluding hydrogens is 360 g/mol. The molecule has 1 aliphatic heterocycles. The molecule has 1 amide bonds. The highest BCUT2D eigenvalue weighted by molar-refractivity contribution is 7.16. The zero-order valence-electron chi connectivity index (χ0n) is 14.1. The Labute approximate surface area is 156 Å².